The Kier molecular flexibility index (Phi) is 3.67. The number of aromatic nitrogens is 3. The normalized spacial score (nSPS) is 14.2. The highest BCUT2D eigenvalue weighted by atomic mass is 15.1. The van der Waals surface area contributed by atoms with Gasteiger partial charge in [0.25, 0.3) is 0 Å². The first-order chi connectivity index (χ1) is 17.6. The van der Waals surface area contributed by atoms with Crippen molar-refractivity contribution in [2.24, 2.45) is 7.05 Å². The average molecular weight is 464 g/mol. The van der Waals surface area contributed by atoms with Gasteiger partial charge in [-0.2, -0.15) is 0 Å². The Hall–Kier alpha value is -4.37. The van der Waals surface area contributed by atoms with E-state index in [1.54, 1.807) is 0 Å². The van der Waals surface area contributed by atoms with Crippen LogP contribution in [-0.2, 0) is 12.5 Å². The summed E-state index contributed by atoms with van der Waals surface area (Å²) in [6.45, 7) is 4.76. The molecule has 1 aliphatic carbocycles. The predicted molar refractivity (Wildman–Crippen MR) is 150 cm³/mol. The lowest BCUT2D eigenvalue weighted by molar-refractivity contribution is 0.666. The van der Waals surface area contributed by atoms with Crippen molar-refractivity contribution >= 4 is 43.6 Å². The molecule has 0 spiro atoms. The van der Waals surface area contributed by atoms with Gasteiger partial charge in [-0.05, 0) is 45.8 Å². The van der Waals surface area contributed by atoms with Crippen molar-refractivity contribution in [2.75, 3.05) is 0 Å². The fourth-order valence-electron chi connectivity index (χ4n) is 6.84. The van der Waals surface area contributed by atoms with E-state index in [0.29, 0.717) is 0 Å². The molecule has 3 heteroatoms. The van der Waals surface area contributed by atoms with Crippen molar-refractivity contribution in [3.05, 3.63) is 108 Å². The first-order valence-corrected chi connectivity index (χ1v) is 12.6. The van der Waals surface area contributed by atoms with Crippen molar-refractivity contribution in [2.45, 2.75) is 19.3 Å². The van der Waals surface area contributed by atoms with Gasteiger partial charge in [0.1, 0.15) is 0 Å². The largest absolute Gasteiger partial charge is 0.332 e. The summed E-state index contributed by atoms with van der Waals surface area (Å²) >= 11 is 0. The standard InChI is InChI=1S/C33H25N3/c1-33(2)24-15-8-6-13-22(24)28-29-23-14-7-9-17-26(23)36(27-18-10-16-25-32(27)35(3)19-34-25)31(29)21-12-5-4-11-20(21)30(28)33/h4-19H,1-3H3. The van der Waals surface area contributed by atoms with E-state index >= 15 is 0 Å². The number of aryl methyl sites for hydroxylation is 1. The van der Waals surface area contributed by atoms with Gasteiger partial charge in [-0.15, -0.1) is 0 Å². The molecule has 0 N–H and O–H groups in total. The van der Waals surface area contributed by atoms with Crippen molar-refractivity contribution in [3.8, 4) is 16.8 Å². The highest BCUT2D eigenvalue weighted by Crippen LogP contribution is 2.56. The minimum Gasteiger partial charge on any atom is -0.332 e. The first-order valence-electron chi connectivity index (χ1n) is 12.6. The van der Waals surface area contributed by atoms with Crippen LogP contribution in [-0.4, -0.2) is 14.1 Å². The van der Waals surface area contributed by atoms with Crippen LogP contribution < -0.4 is 0 Å². The van der Waals surface area contributed by atoms with E-state index in [4.69, 9.17) is 0 Å². The quantitative estimate of drug-likeness (QED) is 0.241. The van der Waals surface area contributed by atoms with E-state index in [2.05, 4.69) is 126 Å². The second-order valence-electron chi connectivity index (χ2n) is 10.5. The van der Waals surface area contributed by atoms with Crippen molar-refractivity contribution in [1.82, 2.24) is 14.1 Å². The zero-order valence-electron chi connectivity index (χ0n) is 20.6. The maximum Gasteiger partial charge on any atom is 0.0956 e. The molecule has 36 heavy (non-hydrogen) atoms. The number of imidazole rings is 1. The van der Waals surface area contributed by atoms with Gasteiger partial charge in [0, 0.05) is 28.6 Å². The zero-order chi connectivity index (χ0) is 24.2. The molecule has 0 aliphatic heterocycles. The van der Waals surface area contributed by atoms with E-state index in [1.807, 2.05) is 6.33 Å². The summed E-state index contributed by atoms with van der Waals surface area (Å²) in [5, 5.41) is 5.27. The molecule has 0 amide bonds. The average Bonchev–Trinajstić information content (AvgIpc) is 3.53. The molecule has 3 nitrogen and oxygen atoms in total. The SMILES string of the molecule is Cn1cnc2cccc(-n3c4ccccc4c4c5c(c6ccccc6c43)C(C)(C)c3ccccc3-5)c21. The lowest BCUT2D eigenvalue weighted by Gasteiger charge is -2.24. The lowest BCUT2D eigenvalue weighted by atomic mass is 9.79. The Morgan fingerprint density at radius 1 is 0.694 bits per heavy atom. The monoisotopic (exact) mass is 463 g/mol. The number of nitrogens with zero attached hydrogens (tertiary/aromatic N) is 3. The molecule has 0 radical (unpaired) electrons. The van der Waals surface area contributed by atoms with Crippen LogP contribution in [0.1, 0.15) is 25.0 Å². The topological polar surface area (TPSA) is 22.8 Å². The maximum absolute atomic E-state index is 4.67. The van der Waals surface area contributed by atoms with Gasteiger partial charge < -0.3 is 9.13 Å². The number of rotatable bonds is 1. The van der Waals surface area contributed by atoms with E-state index < -0.39 is 0 Å². The number of fused-ring (bicyclic) bond motifs is 11. The Morgan fingerprint density at radius 2 is 1.42 bits per heavy atom. The first kappa shape index (κ1) is 19.9. The van der Waals surface area contributed by atoms with Crippen molar-refractivity contribution in [3.63, 3.8) is 0 Å². The Morgan fingerprint density at radius 3 is 2.28 bits per heavy atom. The van der Waals surface area contributed by atoms with Gasteiger partial charge in [0.15, 0.2) is 0 Å². The number of hydrogen-bond acceptors (Lipinski definition) is 1. The summed E-state index contributed by atoms with van der Waals surface area (Å²) in [6.07, 6.45) is 1.91. The summed E-state index contributed by atoms with van der Waals surface area (Å²) in [5.74, 6) is 0. The van der Waals surface area contributed by atoms with Gasteiger partial charge in [-0.3, -0.25) is 0 Å². The molecule has 5 aromatic carbocycles. The van der Waals surface area contributed by atoms with E-state index in [1.165, 1.54) is 54.8 Å². The second-order valence-corrected chi connectivity index (χ2v) is 10.5. The minimum absolute atomic E-state index is 0.0784. The van der Waals surface area contributed by atoms with Crippen LogP contribution in [0.15, 0.2) is 97.3 Å². The molecule has 0 atom stereocenters. The van der Waals surface area contributed by atoms with Gasteiger partial charge in [0.2, 0.25) is 0 Å². The molecule has 2 aromatic heterocycles. The molecule has 8 rings (SSSR count). The molecule has 0 fully saturated rings. The summed E-state index contributed by atoms with van der Waals surface area (Å²) in [6, 6.07) is 33.3. The van der Waals surface area contributed by atoms with Gasteiger partial charge in [-0.25, -0.2) is 4.98 Å². The smallest absolute Gasteiger partial charge is 0.0956 e. The van der Waals surface area contributed by atoms with Crippen LogP contribution in [0.2, 0.25) is 0 Å². The van der Waals surface area contributed by atoms with E-state index in [0.717, 1.165) is 16.7 Å². The molecule has 0 saturated carbocycles. The van der Waals surface area contributed by atoms with Crippen LogP contribution in [0, 0.1) is 0 Å². The number of para-hydroxylation sites is 2. The lowest BCUT2D eigenvalue weighted by Crippen LogP contribution is -2.15. The van der Waals surface area contributed by atoms with Crippen LogP contribution in [0.25, 0.3) is 60.4 Å². The molecule has 0 unspecified atom stereocenters. The van der Waals surface area contributed by atoms with Crippen LogP contribution in [0.5, 0.6) is 0 Å². The molecule has 2 heterocycles. The molecule has 0 bridgehead atoms. The van der Waals surface area contributed by atoms with Crippen LogP contribution >= 0.6 is 0 Å². The summed E-state index contributed by atoms with van der Waals surface area (Å²) in [5.41, 5.74) is 11.3. The fourth-order valence-corrected chi connectivity index (χ4v) is 6.84. The van der Waals surface area contributed by atoms with E-state index in [9.17, 15) is 0 Å². The molecular formula is C33H25N3. The minimum atomic E-state index is -0.0784. The molecular weight excluding hydrogens is 438 g/mol. The van der Waals surface area contributed by atoms with Crippen LogP contribution in [0.3, 0.4) is 0 Å². The highest BCUT2D eigenvalue weighted by Gasteiger charge is 2.39. The second kappa shape index (κ2) is 6.64. The van der Waals surface area contributed by atoms with Gasteiger partial charge in [-0.1, -0.05) is 86.6 Å². The van der Waals surface area contributed by atoms with E-state index in [-0.39, 0.29) is 5.41 Å². The predicted octanol–water partition coefficient (Wildman–Crippen LogP) is 8.13. The van der Waals surface area contributed by atoms with Gasteiger partial charge in [0.05, 0.1) is 34.1 Å². The van der Waals surface area contributed by atoms with Crippen molar-refractivity contribution < 1.29 is 0 Å². The van der Waals surface area contributed by atoms with Crippen LogP contribution in [0.4, 0.5) is 0 Å². The summed E-state index contributed by atoms with van der Waals surface area (Å²) in [4.78, 5) is 4.67. The fraction of sp³-hybridized carbons (Fsp3) is 0.121. The summed E-state index contributed by atoms with van der Waals surface area (Å²) in [7, 11) is 2.08. The van der Waals surface area contributed by atoms with Gasteiger partial charge >= 0.3 is 0 Å². The Balaban J connectivity index is 1.71. The number of hydrogen-bond donors (Lipinski definition) is 0. The maximum atomic E-state index is 4.67. The summed E-state index contributed by atoms with van der Waals surface area (Å²) < 4.78 is 4.62. The third-order valence-corrected chi connectivity index (χ3v) is 8.28. The Labute approximate surface area is 209 Å². The molecule has 172 valence electrons. The molecule has 0 saturated heterocycles. The van der Waals surface area contributed by atoms with Crippen molar-refractivity contribution in [1.29, 1.82) is 0 Å². The highest BCUT2D eigenvalue weighted by molar-refractivity contribution is 6.27. The number of benzene rings is 5. The molecule has 1 aliphatic rings. The zero-order valence-corrected chi connectivity index (χ0v) is 20.6. The Bertz CT molecular complexity index is 2030. The molecule has 7 aromatic rings. The third-order valence-electron chi connectivity index (χ3n) is 8.28. The third kappa shape index (κ3) is 2.26.